The molecule has 2 aliphatic heterocycles. The number of aryl methyl sites for hydroxylation is 2. The Bertz CT molecular complexity index is 796. The van der Waals surface area contributed by atoms with Crippen LogP contribution in [0.15, 0.2) is 24.3 Å². The summed E-state index contributed by atoms with van der Waals surface area (Å²) in [7, 11) is 0. The van der Waals surface area contributed by atoms with Crippen molar-refractivity contribution in [2.24, 2.45) is 0 Å². The zero-order chi connectivity index (χ0) is 18.6. The van der Waals surface area contributed by atoms with Gasteiger partial charge in [0.15, 0.2) is 11.5 Å². The van der Waals surface area contributed by atoms with E-state index in [-0.39, 0.29) is 0 Å². The van der Waals surface area contributed by atoms with Gasteiger partial charge in [-0.15, -0.1) is 0 Å². The van der Waals surface area contributed by atoms with E-state index in [9.17, 15) is 0 Å². The molecule has 0 unspecified atom stereocenters. The number of rotatable bonds is 5. The van der Waals surface area contributed by atoms with Crippen LogP contribution in [0.4, 0.5) is 11.5 Å². The number of aromatic nitrogens is 2. The Morgan fingerprint density at radius 3 is 2.85 bits per heavy atom. The summed E-state index contributed by atoms with van der Waals surface area (Å²) >= 11 is 0. The van der Waals surface area contributed by atoms with E-state index in [1.54, 1.807) is 0 Å². The summed E-state index contributed by atoms with van der Waals surface area (Å²) in [4.78, 5) is 11.7. The normalized spacial score (nSPS) is 19.0. The molecular formula is C21H28N4O2. The Balaban J connectivity index is 1.45. The van der Waals surface area contributed by atoms with Crippen molar-refractivity contribution in [3.8, 4) is 11.5 Å². The highest BCUT2D eigenvalue weighted by atomic mass is 16.6. The van der Waals surface area contributed by atoms with E-state index in [4.69, 9.17) is 14.5 Å². The number of hydrogen-bond acceptors (Lipinski definition) is 6. The number of fused-ring (bicyclic) bond motifs is 1. The van der Waals surface area contributed by atoms with E-state index in [1.165, 1.54) is 0 Å². The summed E-state index contributed by atoms with van der Waals surface area (Å²) in [5.41, 5.74) is 2.13. The van der Waals surface area contributed by atoms with Gasteiger partial charge in [-0.3, -0.25) is 0 Å². The van der Waals surface area contributed by atoms with Crippen LogP contribution in [-0.2, 0) is 6.42 Å². The van der Waals surface area contributed by atoms with Gasteiger partial charge < -0.3 is 19.7 Å². The van der Waals surface area contributed by atoms with Gasteiger partial charge in [-0.1, -0.05) is 6.92 Å². The number of ether oxygens (including phenoxy) is 2. The van der Waals surface area contributed by atoms with E-state index in [0.717, 1.165) is 73.3 Å². The molecule has 0 spiro atoms. The van der Waals surface area contributed by atoms with Gasteiger partial charge in [0.25, 0.3) is 0 Å². The van der Waals surface area contributed by atoms with Gasteiger partial charge in [-0.25, -0.2) is 9.97 Å². The van der Waals surface area contributed by atoms with Crippen molar-refractivity contribution in [1.29, 1.82) is 0 Å². The molecule has 6 heteroatoms. The standard InChI is InChI=1S/C21H28N4O2/c1-3-5-20-22-15(2)12-21(24-20)25-9-4-6-17(14-25)23-16-7-8-18-19(13-16)27-11-10-26-18/h7-8,12-13,17,23H,3-6,9-11,14H2,1-2H3/t17-/m0/s1. The third-order valence-corrected chi connectivity index (χ3v) is 5.02. The monoisotopic (exact) mass is 368 g/mol. The lowest BCUT2D eigenvalue weighted by molar-refractivity contribution is 0.171. The largest absolute Gasteiger partial charge is 0.486 e. The molecule has 0 radical (unpaired) electrons. The second kappa shape index (κ2) is 8.03. The molecule has 4 rings (SSSR count). The maximum Gasteiger partial charge on any atom is 0.163 e. The van der Waals surface area contributed by atoms with Gasteiger partial charge in [0, 0.05) is 49.1 Å². The summed E-state index contributed by atoms with van der Waals surface area (Å²) in [5.74, 6) is 3.67. The third-order valence-electron chi connectivity index (χ3n) is 5.02. The van der Waals surface area contributed by atoms with Crippen LogP contribution in [0.2, 0.25) is 0 Å². The average Bonchev–Trinajstić information content (AvgIpc) is 2.68. The van der Waals surface area contributed by atoms with Gasteiger partial charge in [-0.2, -0.15) is 0 Å². The van der Waals surface area contributed by atoms with Gasteiger partial charge >= 0.3 is 0 Å². The van der Waals surface area contributed by atoms with E-state index in [2.05, 4.69) is 41.2 Å². The van der Waals surface area contributed by atoms with E-state index < -0.39 is 0 Å². The van der Waals surface area contributed by atoms with Crippen molar-refractivity contribution in [3.63, 3.8) is 0 Å². The molecule has 1 N–H and O–H groups in total. The lowest BCUT2D eigenvalue weighted by Gasteiger charge is -2.35. The maximum atomic E-state index is 5.70. The van der Waals surface area contributed by atoms with E-state index in [1.807, 2.05) is 12.1 Å². The Hall–Kier alpha value is -2.50. The van der Waals surface area contributed by atoms with Crippen molar-refractivity contribution in [1.82, 2.24) is 9.97 Å². The molecule has 1 fully saturated rings. The first-order valence-corrected chi connectivity index (χ1v) is 9.97. The van der Waals surface area contributed by atoms with Crippen LogP contribution in [0.1, 0.15) is 37.7 Å². The predicted molar refractivity (Wildman–Crippen MR) is 107 cm³/mol. The smallest absolute Gasteiger partial charge is 0.163 e. The molecule has 1 atom stereocenters. The molecule has 0 amide bonds. The second-order valence-corrected chi connectivity index (χ2v) is 7.32. The van der Waals surface area contributed by atoms with Crippen LogP contribution in [0, 0.1) is 6.92 Å². The summed E-state index contributed by atoms with van der Waals surface area (Å²) in [6, 6.07) is 8.59. The van der Waals surface area contributed by atoms with Crippen molar-refractivity contribution >= 4 is 11.5 Å². The highest BCUT2D eigenvalue weighted by Gasteiger charge is 2.22. The first-order chi connectivity index (χ1) is 13.2. The zero-order valence-electron chi connectivity index (χ0n) is 16.2. The molecule has 6 nitrogen and oxygen atoms in total. The Morgan fingerprint density at radius 2 is 2.00 bits per heavy atom. The molecular weight excluding hydrogens is 340 g/mol. The minimum Gasteiger partial charge on any atom is -0.486 e. The van der Waals surface area contributed by atoms with Gasteiger partial charge in [-0.05, 0) is 38.3 Å². The lowest BCUT2D eigenvalue weighted by atomic mass is 10.0. The molecule has 1 aromatic heterocycles. The minimum absolute atomic E-state index is 0.381. The molecule has 1 saturated heterocycles. The molecule has 144 valence electrons. The topological polar surface area (TPSA) is 59.5 Å². The van der Waals surface area contributed by atoms with E-state index >= 15 is 0 Å². The Labute approximate surface area is 160 Å². The SMILES string of the molecule is CCCc1nc(C)cc(N2CCC[C@H](Nc3ccc4c(c3)OCCO4)C2)n1. The molecule has 0 saturated carbocycles. The van der Waals surface area contributed by atoms with Crippen LogP contribution >= 0.6 is 0 Å². The van der Waals surface area contributed by atoms with Gasteiger partial charge in [0.2, 0.25) is 0 Å². The van der Waals surface area contributed by atoms with Crippen molar-refractivity contribution < 1.29 is 9.47 Å². The zero-order valence-corrected chi connectivity index (χ0v) is 16.2. The number of piperidine rings is 1. The maximum absolute atomic E-state index is 5.70. The van der Waals surface area contributed by atoms with Crippen LogP contribution in [0.25, 0.3) is 0 Å². The fourth-order valence-corrected chi connectivity index (χ4v) is 3.78. The number of benzene rings is 1. The lowest BCUT2D eigenvalue weighted by Crippen LogP contribution is -2.42. The van der Waals surface area contributed by atoms with Crippen LogP contribution in [0.5, 0.6) is 11.5 Å². The molecule has 3 heterocycles. The summed E-state index contributed by atoms with van der Waals surface area (Å²) in [6.45, 7) is 7.44. The van der Waals surface area contributed by atoms with Crippen molar-refractivity contribution in [2.75, 3.05) is 36.5 Å². The summed E-state index contributed by atoms with van der Waals surface area (Å²) in [5, 5.41) is 3.66. The van der Waals surface area contributed by atoms with Crippen LogP contribution in [0.3, 0.4) is 0 Å². The quantitative estimate of drug-likeness (QED) is 0.870. The van der Waals surface area contributed by atoms with Gasteiger partial charge in [0.05, 0.1) is 0 Å². The molecule has 27 heavy (non-hydrogen) atoms. The number of anilines is 2. The van der Waals surface area contributed by atoms with Crippen molar-refractivity contribution in [3.05, 3.63) is 35.8 Å². The number of hydrogen-bond donors (Lipinski definition) is 1. The molecule has 2 aliphatic rings. The second-order valence-electron chi connectivity index (χ2n) is 7.32. The molecule has 1 aromatic carbocycles. The third kappa shape index (κ3) is 4.26. The molecule has 0 aliphatic carbocycles. The summed E-state index contributed by atoms with van der Waals surface area (Å²) < 4.78 is 11.3. The fraction of sp³-hybridized carbons (Fsp3) is 0.524. The fourth-order valence-electron chi connectivity index (χ4n) is 3.78. The highest BCUT2D eigenvalue weighted by Crippen LogP contribution is 2.33. The van der Waals surface area contributed by atoms with Crippen LogP contribution < -0.4 is 19.7 Å². The predicted octanol–water partition coefficient (Wildman–Crippen LogP) is 3.59. The Morgan fingerprint density at radius 1 is 1.15 bits per heavy atom. The first kappa shape index (κ1) is 17.9. The van der Waals surface area contributed by atoms with Crippen molar-refractivity contribution in [2.45, 2.75) is 45.6 Å². The number of nitrogens with one attached hydrogen (secondary N) is 1. The van der Waals surface area contributed by atoms with Crippen LogP contribution in [-0.4, -0.2) is 42.3 Å². The summed E-state index contributed by atoms with van der Waals surface area (Å²) in [6.07, 6.45) is 4.30. The first-order valence-electron chi connectivity index (χ1n) is 9.97. The molecule has 2 aromatic rings. The van der Waals surface area contributed by atoms with E-state index in [0.29, 0.717) is 19.3 Å². The average molecular weight is 368 g/mol. The van der Waals surface area contributed by atoms with Gasteiger partial charge in [0.1, 0.15) is 24.9 Å². The highest BCUT2D eigenvalue weighted by molar-refractivity contribution is 5.56. The minimum atomic E-state index is 0.381. The number of nitrogens with zero attached hydrogens (tertiary/aromatic N) is 3. The Kier molecular flexibility index (Phi) is 5.32. The molecule has 0 bridgehead atoms.